The summed E-state index contributed by atoms with van der Waals surface area (Å²) in [6.07, 6.45) is 1.24. The minimum absolute atomic E-state index is 0.0367. The summed E-state index contributed by atoms with van der Waals surface area (Å²) in [6, 6.07) is 12.9. The van der Waals surface area contributed by atoms with Crippen molar-refractivity contribution in [3.63, 3.8) is 0 Å². The number of ketones is 1. The Morgan fingerprint density at radius 1 is 1.21 bits per heavy atom. The van der Waals surface area contributed by atoms with E-state index in [0.717, 1.165) is 24.0 Å². The van der Waals surface area contributed by atoms with E-state index in [1.165, 1.54) is 11.6 Å². The van der Waals surface area contributed by atoms with Crippen LogP contribution in [0, 0.1) is 0 Å². The average Bonchev–Trinajstić information content (AvgIpc) is 3.33. The van der Waals surface area contributed by atoms with Crippen molar-refractivity contribution in [3.05, 3.63) is 64.4 Å². The van der Waals surface area contributed by atoms with Crippen LogP contribution in [0.3, 0.4) is 0 Å². The normalized spacial score (nSPS) is 18.0. The Bertz CT molecular complexity index is 1330. The smallest absolute Gasteiger partial charge is 0.255 e. The molecule has 0 radical (unpaired) electrons. The van der Waals surface area contributed by atoms with Crippen LogP contribution in [0.1, 0.15) is 54.3 Å². The van der Waals surface area contributed by atoms with E-state index >= 15 is 0 Å². The van der Waals surface area contributed by atoms with E-state index in [4.69, 9.17) is 20.9 Å². The molecule has 2 heterocycles. The molecule has 5 rings (SSSR count). The van der Waals surface area contributed by atoms with Crippen molar-refractivity contribution in [2.45, 2.75) is 44.8 Å². The third-order valence-corrected chi connectivity index (χ3v) is 6.28. The van der Waals surface area contributed by atoms with E-state index in [1.54, 1.807) is 12.1 Å². The number of carbonyl (C=O) groups excluding carboxylic acids is 1. The number of ether oxygens (including phenoxy) is 1. The third-order valence-electron chi connectivity index (χ3n) is 5.97. The first-order valence-corrected chi connectivity index (χ1v) is 11.2. The van der Waals surface area contributed by atoms with Gasteiger partial charge in [0, 0.05) is 10.9 Å². The largest absolute Gasteiger partial charge is 0.494 e. The predicted molar refractivity (Wildman–Crippen MR) is 124 cm³/mol. The molecule has 0 saturated heterocycles. The summed E-state index contributed by atoms with van der Waals surface area (Å²) in [6.45, 7) is 3.68. The highest BCUT2D eigenvalue weighted by Crippen LogP contribution is 2.40. The van der Waals surface area contributed by atoms with Crippen LogP contribution in [-0.4, -0.2) is 38.3 Å². The molecule has 0 bridgehead atoms. The van der Waals surface area contributed by atoms with E-state index in [1.807, 2.05) is 38.1 Å². The van der Waals surface area contributed by atoms with Crippen LogP contribution in [0.25, 0.3) is 22.0 Å². The number of H-pyrrole nitrogens is 1. The van der Waals surface area contributed by atoms with Gasteiger partial charge < -0.3 is 24.5 Å². The van der Waals surface area contributed by atoms with Crippen molar-refractivity contribution in [2.75, 3.05) is 0 Å². The van der Waals surface area contributed by atoms with Crippen LogP contribution in [0.15, 0.2) is 47.0 Å². The summed E-state index contributed by atoms with van der Waals surface area (Å²) in [5, 5.41) is 24.8. The number of fused-ring (bicyclic) bond motifs is 1. The molecule has 2 aromatic carbocycles. The molecule has 1 fully saturated rings. The molecule has 8 heteroatoms. The van der Waals surface area contributed by atoms with Gasteiger partial charge in [-0.05, 0) is 61.0 Å². The zero-order valence-corrected chi connectivity index (χ0v) is 18.9. The third kappa shape index (κ3) is 3.98. The summed E-state index contributed by atoms with van der Waals surface area (Å²) in [5.74, 6) is -0.243. The van der Waals surface area contributed by atoms with Crippen LogP contribution in [0.4, 0.5) is 0 Å². The Labute approximate surface area is 194 Å². The van der Waals surface area contributed by atoms with Gasteiger partial charge in [-0.15, -0.1) is 0 Å². The Hall–Kier alpha value is -3.29. The molecular weight excluding hydrogens is 444 g/mol. The van der Waals surface area contributed by atoms with Gasteiger partial charge in [0.25, 0.3) is 5.88 Å². The fraction of sp³-hybridized carbons (Fsp3) is 0.280. The second kappa shape index (κ2) is 8.24. The molecule has 3 N–H and O–H groups in total. The first kappa shape index (κ1) is 21.6. The minimum atomic E-state index is -0.517. The van der Waals surface area contributed by atoms with E-state index < -0.39 is 5.78 Å². The van der Waals surface area contributed by atoms with Crippen LogP contribution in [0.5, 0.6) is 11.8 Å². The second-order valence-electron chi connectivity index (χ2n) is 8.70. The van der Waals surface area contributed by atoms with Gasteiger partial charge in [0.05, 0.1) is 34.4 Å². The first-order chi connectivity index (χ1) is 15.8. The Kier molecular flexibility index (Phi) is 5.38. The highest BCUT2D eigenvalue weighted by atomic mass is 35.5. The predicted octanol–water partition coefficient (Wildman–Crippen LogP) is 5.44. The zero-order chi connectivity index (χ0) is 23.3. The fourth-order valence-corrected chi connectivity index (χ4v) is 4.51. The molecule has 1 aliphatic carbocycles. The number of nitrogens with one attached hydrogen (secondary N) is 1. The Balaban J connectivity index is 1.51. The van der Waals surface area contributed by atoms with Crippen molar-refractivity contribution >= 4 is 28.3 Å². The molecule has 7 nitrogen and oxygen atoms in total. The van der Waals surface area contributed by atoms with Crippen molar-refractivity contribution in [2.24, 2.45) is 0 Å². The number of aliphatic hydroxyl groups excluding tert-OH is 1. The van der Waals surface area contributed by atoms with Crippen LogP contribution in [-0.2, 0) is 0 Å². The van der Waals surface area contributed by atoms with E-state index in [0.29, 0.717) is 21.8 Å². The lowest BCUT2D eigenvalue weighted by atomic mass is 9.77. The molecule has 0 unspecified atom stereocenters. The molecule has 170 valence electrons. The molecule has 0 atom stereocenters. The number of hydrogen-bond acceptors (Lipinski definition) is 6. The van der Waals surface area contributed by atoms with Crippen molar-refractivity contribution in [3.8, 4) is 22.9 Å². The van der Waals surface area contributed by atoms with E-state index in [9.17, 15) is 15.0 Å². The van der Waals surface area contributed by atoms with Crippen molar-refractivity contribution in [1.29, 1.82) is 0 Å². The number of aromatic hydroxyl groups is 1. The van der Waals surface area contributed by atoms with E-state index in [2.05, 4.69) is 10.1 Å². The molecule has 1 saturated carbocycles. The number of nitrogens with zero attached hydrogens (tertiary/aromatic N) is 1. The van der Waals surface area contributed by atoms with Gasteiger partial charge in [0.15, 0.2) is 0 Å². The van der Waals surface area contributed by atoms with Gasteiger partial charge in [0.2, 0.25) is 17.4 Å². The number of carbonyl (C=O) groups is 1. The summed E-state index contributed by atoms with van der Waals surface area (Å²) >= 11 is 6.54. The minimum Gasteiger partial charge on any atom is -0.494 e. The summed E-state index contributed by atoms with van der Waals surface area (Å²) in [5.41, 5.74) is 3.41. The second-order valence-corrected chi connectivity index (χ2v) is 9.10. The molecule has 1 aliphatic rings. The number of halogens is 1. The summed E-state index contributed by atoms with van der Waals surface area (Å²) in [4.78, 5) is 15.9. The van der Waals surface area contributed by atoms with Crippen molar-refractivity contribution < 1.29 is 24.3 Å². The number of rotatable bonds is 6. The molecular formula is C25H23ClN2O5. The Morgan fingerprint density at radius 3 is 2.61 bits per heavy atom. The molecule has 0 amide bonds. The number of aliphatic hydroxyl groups is 1. The highest BCUT2D eigenvalue weighted by molar-refractivity contribution is 6.34. The number of hydrogen-bond donors (Lipinski definition) is 3. The Morgan fingerprint density at radius 2 is 1.94 bits per heavy atom. The number of aromatic nitrogens is 2. The highest BCUT2D eigenvalue weighted by Gasteiger charge is 2.28. The molecule has 0 aliphatic heterocycles. The maximum atomic E-state index is 13.1. The lowest BCUT2D eigenvalue weighted by Crippen LogP contribution is -2.26. The maximum absolute atomic E-state index is 13.1. The zero-order valence-electron chi connectivity index (χ0n) is 18.1. The molecule has 2 aromatic heterocycles. The maximum Gasteiger partial charge on any atom is 0.255 e. The van der Waals surface area contributed by atoms with Gasteiger partial charge in [-0.1, -0.05) is 35.9 Å². The molecule has 33 heavy (non-hydrogen) atoms. The van der Waals surface area contributed by atoms with Gasteiger partial charge in [0.1, 0.15) is 0 Å². The van der Waals surface area contributed by atoms with Gasteiger partial charge in [-0.25, -0.2) is 0 Å². The number of aromatic amines is 1. The topological polar surface area (TPSA) is 109 Å². The van der Waals surface area contributed by atoms with Crippen LogP contribution < -0.4 is 4.74 Å². The monoisotopic (exact) mass is 466 g/mol. The lowest BCUT2D eigenvalue weighted by Gasteiger charge is -2.31. The van der Waals surface area contributed by atoms with Crippen molar-refractivity contribution in [1.82, 2.24) is 10.1 Å². The van der Waals surface area contributed by atoms with Gasteiger partial charge in [-0.2, -0.15) is 0 Å². The van der Waals surface area contributed by atoms with Crippen LogP contribution >= 0.6 is 11.6 Å². The van der Waals surface area contributed by atoms with E-state index in [-0.39, 0.29) is 35.3 Å². The summed E-state index contributed by atoms with van der Waals surface area (Å²) < 4.78 is 10.6. The lowest BCUT2D eigenvalue weighted by molar-refractivity contribution is 0.0746. The van der Waals surface area contributed by atoms with Gasteiger partial charge >= 0.3 is 0 Å². The van der Waals surface area contributed by atoms with Gasteiger partial charge in [-0.3, -0.25) is 4.79 Å². The first-order valence-electron chi connectivity index (χ1n) is 10.8. The molecule has 4 aromatic rings. The molecule has 0 spiro atoms. The number of benzene rings is 2. The summed E-state index contributed by atoms with van der Waals surface area (Å²) in [7, 11) is 0. The SMILES string of the molecule is CC(C)Oc1cc(C(=O)c2c(O)[nH]c3cc(Cl)c(-c4ccc(C5CC(O)C5)cc4)cc23)on1. The quantitative estimate of drug-likeness (QED) is 0.326. The van der Waals surface area contributed by atoms with Crippen LogP contribution in [0.2, 0.25) is 5.02 Å². The standard InChI is InChI=1S/C25H23ClN2O5/c1-12(2)32-22-11-21(33-28-22)24(30)23-18-9-17(19(26)10-20(18)27-25(23)31)14-5-3-13(4-6-14)15-7-16(29)8-15/h3-6,9-12,15-16,27,29,31H,7-8H2,1-2H3. The fourth-order valence-electron chi connectivity index (χ4n) is 4.23. The average molecular weight is 467 g/mol.